The van der Waals surface area contributed by atoms with Crippen molar-refractivity contribution in [3.63, 3.8) is 0 Å². The molecule has 6 heteroatoms. The Morgan fingerprint density at radius 2 is 1.81 bits per heavy atom. The van der Waals surface area contributed by atoms with E-state index in [0.717, 1.165) is 30.0 Å². The number of hydrogen-bond donors (Lipinski definition) is 3. The van der Waals surface area contributed by atoms with Crippen LogP contribution in [0.25, 0.3) is 0 Å². The van der Waals surface area contributed by atoms with Crippen molar-refractivity contribution in [2.45, 2.75) is 26.2 Å². The summed E-state index contributed by atoms with van der Waals surface area (Å²) in [5.74, 6) is 1.46. The second-order valence-corrected chi connectivity index (χ2v) is 6.53. The van der Waals surface area contributed by atoms with Gasteiger partial charge in [-0.2, -0.15) is 0 Å². The predicted molar refractivity (Wildman–Crippen MR) is 105 cm³/mol. The van der Waals surface area contributed by atoms with Crippen molar-refractivity contribution in [1.29, 1.82) is 0 Å². The lowest BCUT2D eigenvalue weighted by Crippen LogP contribution is -2.31. The lowest BCUT2D eigenvalue weighted by atomic mass is 10.1. The number of methoxy groups -OCH3 is 1. The number of para-hydroxylation sites is 1. The molecular formula is C20H27ClN2O3. The number of nitrogens with one attached hydrogen (secondary N) is 2. The Bertz CT molecular complexity index is 663. The van der Waals surface area contributed by atoms with E-state index in [1.807, 2.05) is 42.5 Å². The van der Waals surface area contributed by atoms with Crippen molar-refractivity contribution in [2.75, 3.05) is 26.7 Å². The molecule has 0 aliphatic heterocycles. The first-order valence-corrected chi connectivity index (χ1v) is 9.10. The van der Waals surface area contributed by atoms with E-state index in [2.05, 4.69) is 10.6 Å². The van der Waals surface area contributed by atoms with Crippen molar-refractivity contribution in [1.82, 2.24) is 10.6 Å². The third kappa shape index (κ3) is 6.84. The highest BCUT2D eigenvalue weighted by molar-refractivity contribution is 6.30. The highest BCUT2D eigenvalue weighted by atomic mass is 35.5. The van der Waals surface area contributed by atoms with Gasteiger partial charge in [0.25, 0.3) is 0 Å². The molecule has 0 aliphatic rings. The fourth-order valence-electron chi connectivity index (χ4n) is 2.47. The highest BCUT2D eigenvalue weighted by Crippen LogP contribution is 2.31. The summed E-state index contributed by atoms with van der Waals surface area (Å²) in [6.45, 7) is 5.05. The van der Waals surface area contributed by atoms with Crippen LogP contribution in [0, 0.1) is 0 Å². The number of aliphatic hydroxyl groups is 1. The lowest BCUT2D eigenvalue weighted by Gasteiger charge is -2.16. The fourth-order valence-corrected chi connectivity index (χ4v) is 2.60. The standard InChI is InChI=1S/C20H27ClN2O3/c1-15(24)12-22-10-11-23-13-17-4-3-5-19(25-2)20(17)26-14-16-6-8-18(21)9-7-16/h3-9,15,22-24H,10-14H2,1-2H3. The molecule has 0 aliphatic carbocycles. The molecule has 0 aromatic heterocycles. The number of hydrogen-bond acceptors (Lipinski definition) is 5. The molecule has 0 amide bonds. The summed E-state index contributed by atoms with van der Waals surface area (Å²) in [4.78, 5) is 0. The quantitative estimate of drug-likeness (QED) is 0.525. The molecule has 2 aromatic carbocycles. The molecule has 2 aromatic rings. The van der Waals surface area contributed by atoms with Gasteiger partial charge in [0.2, 0.25) is 0 Å². The molecule has 0 heterocycles. The third-order valence-corrected chi connectivity index (χ3v) is 4.06. The Balaban J connectivity index is 1.92. The predicted octanol–water partition coefficient (Wildman–Crippen LogP) is 2.99. The van der Waals surface area contributed by atoms with Gasteiger partial charge in [-0.15, -0.1) is 0 Å². The summed E-state index contributed by atoms with van der Waals surface area (Å²) in [6.07, 6.45) is -0.332. The molecular weight excluding hydrogens is 352 g/mol. The smallest absolute Gasteiger partial charge is 0.166 e. The molecule has 142 valence electrons. The van der Waals surface area contributed by atoms with Gasteiger partial charge < -0.3 is 25.2 Å². The minimum atomic E-state index is -0.332. The first-order valence-electron chi connectivity index (χ1n) is 8.72. The van der Waals surface area contributed by atoms with Crippen LogP contribution >= 0.6 is 11.6 Å². The summed E-state index contributed by atoms with van der Waals surface area (Å²) in [5.41, 5.74) is 2.08. The molecule has 26 heavy (non-hydrogen) atoms. The molecule has 0 radical (unpaired) electrons. The second-order valence-electron chi connectivity index (χ2n) is 6.09. The molecule has 1 atom stereocenters. The van der Waals surface area contributed by atoms with Crippen LogP contribution in [-0.4, -0.2) is 38.0 Å². The molecule has 1 unspecified atom stereocenters. The Morgan fingerprint density at radius 1 is 1.08 bits per heavy atom. The number of aliphatic hydroxyl groups excluding tert-OH is 1. The first kappa shape index (κ1) is 20.5. The molecule has 3 N–H and O–H groups in total. The van der Waals surface area contributed by atoms with Gasteiger partial charge in [0.15, 0.2) is 11.5 Å². The van der Waals surface area contributed by atoms with Crippen LogP contribution in [0.2, 0.25) is 5.02 Å². The van der Waals surface area contributed by atoms with Crippen LogP contribution in [0.5, 0.6) is 11.5 Å². The van der Waals surface area contributed by atoms with Crippen LogP contribution in [0.3, 0.4) is 0 Å². The average Bonchev–Trinajstić information content (AvgIpc) is 2.64. The van der Waals surface area contributed by atoms with E-state index in [0.29, 0.717) is 30.5 Å². The van der Waals surface area contributed by atoms with Gasteiger partial charge in [-0.25, -0.2) is 0 Å². The van der Waals surface area contributed by atoms with Gasteiger partial charge >= 0.3 is 0 Å². The van der Waals surface area contributed by atoms with Gasteiger partial charge in [-0.1, -0.05) is 35.9 Å². The summed E-state index contributed by atoms with van der Waals surface area (Å²) >= 11 is 5.92. The Labute approximate surface area is 160 Å². The largest absolute Gasteiger partial charge is 0.493 e. The minimum absolute atomic E-state index is 0.332. The van der Waals surface area contributed by atoms with Gasteiger partial charge in [0.1, 0.15) is 6.61 Å². The van der Waals surface area contributed by atoms with Crippen LogP contribution < -0.4 is 20.1 Å². The van der Waals surface area contributed by atoms with E-state index in [4.69, 9.17) is 21.1 Å². The Kier molecular flexibility index (Phi) is 8.71. The first-order chi connectivity index (χ1) is 12.6. The van der Waals surface area contributed by atoms with Crippen molar-refractivity contribution < 1.29 is 14.6 Å². The van der Waals surface area contributed by atoms with E-state index < -0.39 is 0 Å². The number of ether oxygens (including phenoxy) is 2. The maximum atomic E-state index is 9.23. The number of benzene rings is 2. The second kappa shape index (κ2) is 11.0. The fraction of sp³-hybridized carbons (Fsp3) is 0.400. The maximum Gasteiger partial charge on any atom is 0.166 e. The van der Waals surface area contributed by atoms with E-state index >= 15 is 0 Å². The van der Waals surface area contributed by atoms with Gasteiger partial charge in [0, 0.05) is 36.8 Å². The maximum absolute atomic E-state index is 9.23. The average molecular weight is 379 g/mol. The Morgan fingerprint density at radius 3 is 2.50 bits per heavy atom. The molecule has 0 bridgehead atoms. The summed E-state index contributed by atoms with van der Waals surface area (Å²) in [5, 5.41) is 16.5. The SMILES string of the molecule is COc1cccc(CNCCNCC(C)O)c1OCc1ccc(Cl)cc1. The van der Waals surface area contributed by atoms with Crippen LogP contribution in [0.15, 0.2) is 42.5 Å². The normalized spacial score (nSPS) is 12.0. The molecule has 0 saturated carbocycles. The topological polar surface area (TPSA) is 62.8 Å². The van der Waals surface area contributed by atoms with E-state index in [-0.39, 0.29) is 6.10 Å². The Hall–Kier alpha value is -1.79. The van der Waals surface area contributed by atoms with Crippen molar-refractivity contribution in [3.8, 4) is 11.5 Å². The van der Waals surface area contributed by atoms with Gasteiger partial charge in [-0.05, 0) is 30.7 Å². The molecule has 2 rings (SSSR count). The molecule has 0 spiro atoms. The zero-order valence-corrected chi connectivity index (χ0v) is 16.1. The van der Waals surface area contributed by atoms with Crippen molar-refractivity contribution in [3.05, 3.63) is 58.6 Å². The summed E-state index contributed by atoms with van der Waals surface area (Å²) in [6, 6.07) is 13.5. The molecule has 0 fully saturated rings. The van der Waals surface area contributed by atoms with Crippen LogP contribution in [-0.2, 0) is 13.2 Å². The monoisotopic (exact) mass is 378 g/mol. The van der Waals surface area contributed by atoms with Crippen LogP contribution in [0.4, 0.5) is 0 Å². The number of halogens is 1. The van der Waals surface area contributed by atoms with Gasteiger partial charge in [0.05, 0.1) is 13.2 Å². The lowest BCUT2D eigenvalue weighted by molar-refractivity contribution is 0.191. The molecule has 5 nitrogen and oxygen atoms in total. The van der Waals surface area contributed by atoms with E-state index in [1.165, 1.54) is 0 Å². The van der Waals surface area contributed by atoms with Crippen molar-refractivity contribution >= 4 is 11.6 Å². The summed E-state index contributed by atoms with van der Waals surface area (Å²) in [7, 11) is 1.64. The zero-order chi connectivity index (χ0) is 18.8. The van der Waals surface area contributed by atoms with E-state index in [1.54, 1.807) is 14.0 Å². The van der Waals surface area contributed by atoms with Crippen LogP contribution in [0.1, 0.15) is 18.1 Å². The summed E-state index contributed by atoms with van der Waals surface area (Å²) < 4.78 is 11.5. The van der Waals surface area contributed by atoms with Crippen molar-refractivity contribution in [2.24, 2.45) is 0 Å². The third-order valence-electron chi connectivity index (χ3n) is 3.81. The highest BCUT2D eigenvalue weighted by Gasteiger charge is 2.11. The minimum Gasteiger partial charge on any atom is -0.493 e. The van der Waals surface area contributed by atoms with E-state index in [9.17, 15) is 5.11 Å². The molecule has 0 saturated heterocycles. The van der Waals surface area contributed by atoms with Gasteiger partial charge in [-0.3, -0.25) is 0 Å². The number of rotatable bonds is 11. The zero-order valence-electron chi connectivity index (χ0n) is 15.3.